The number of nitrogens with one attached hydrogen (secondary N) is 2. The summed E-state index contributed by atoms with van der Waals surface area (Å²) in [6.07, 6.45) is 9.81. The summed E-state index contributed by atoms with van der Waals surface area (Å²) in [5.74, 6) is 3.08. The fourth-order valence-corrected chi connectivity index (χ4v) is 6.71. The average Bonchev–Trinajstić information content (AvgIpc) is 3.23. The number of amides is 1. The van der Waals surface area contributed by atoms with E-state index in [1.54, 1.807) is 6.26 Å². The summed E-state index contributed by atoms with van der Waals surface area (Å²) in [5.41, 5.74) is 3.62. The Balaban J connectivity index is 1.15. The number of hydrogen-bond donors (Lipinski definition) is 2. The summed E-state index contributed by atoms with van der Waals surface area (Å²) in [7, 11) is 0. The van der Waals surface area contributed by atoms with Gasteiger partial charge in [0.2, 0.25) is 11.8 Å². The predicted molar refractivity (Wildman–Crippen MR) is 125 cm³/mol. The summed E-state index contributed by atoms with van der Waals surface area (Å²) in [6.45, 7) is 0. The van der Waals surface area contributed by atoms with Crippen LogP contribution in [0.5, 0.6) is 0 Å². The molecule has 4 saturated carbocycles. The van der Waals surface area contributed by atoms with Crippen LogP contribution in [0.15, 0.2) is 65.3 Å². The molecule has 32 heavy (non-hydrogen) atoms. The highest BCUT2D eigenvalue weighted by Gasteiger charge is 2.51. The zero-order valence-corrected chi connectivity index (χ0v) is 18.2. The number of carbonyl (C=O) groups excluding carboxylic acids is 1. The molecule has 0 spiro atoms. The first kappa shape index (κ1) is 19.6. The Hall–Kier alpha value is -3.08. The predicted octanol–water partition coefficient (Wildman–Crippen LogP) is 5.90. The fourth-order valence-electron chi connectivity index (χ4n) is 6.71. The monoisotopic (exact) mass is 427 g/mol. The van der Waals surface area contributed by atoms with Crippen LogP contribution in [0.1, 0.15) is 44.2 Å². The van der Waals surface area contributed by atoms with Gasteiger partial charge in [-0.3, -0.25) is 4.79 Å². The number of oxazole rings is 1. The maximum absolute atomic E-state index is 12.8. The van der Waals surface area contributed by atoms with Crippen molar-refractivity contribution in [2.45, 2.75) is 50.5 Å². The molecular weight excluding hydrogens is 398 g/mol. The SMILES string of the molecule is O=C(Cc1coc(-c2ccccc2)n1)Nc1ccccc1NC12CC3CC(CC(C3)C1)C2. The van der Waals surface area contributed by atoms with Gasteiger partial charge in [-0.25, -0.2) is 4.98 Å². The molecule has 0 aliphatic heterocycles. The third kappa shape index (κ3) is 3.81. The van der Waals surface area contributed by atoms with Crippen LogP contribution in [0, 0.1) is 17.8 Å². The van der Waals surface area contributed by atoms with Crippen LogP contribution in [0.3, 0.4) is 0 Å². The lowest BCUT2D eigenvalue weighted by molar-refractivity contribution is -0.115. The van der Waals surface area contributed by atoms with Crippen LogP contribution in [-0.4, -0.2) is 16.4 Å². The molecule has 0 atom stereocenters. The van der Waals surface area contributed by atoms with Gasteiger partial charge >= 0.3 is 0 Å². The second-order valence-electron chi connectivity index (χ2n) is 10.1. The van der Waals surface area contributed by atoms with Crippen LogP contribution in [0.2, 0.25) is 0 Å². The number of nitrogens with zero attached hydrogens (tertiary/aromatic N) is 1. The molecule has 4 fully saturated rings. The van der Waals surface area contributed by atoms with Crippen LogP contribution < -0.4 is 10.6 Å². The lowest BCUT2D eigenvalue weighted by Gasteiger charge is -2.57. The number of benzene rings is 2. The van der Waals surface area contributed by atoms with E-state index >= 15 is 0 Å². The standard InChI is InChI=1S/C27H29N3O2/c31-25(13-22-17-32-26(28-22)21-6-2-1-3-7-21)29-23-8-4-5-9-24(23)30-27-14-18-10-19(15-27)12-20(11-18)16-27/h1-9,17-20,30H,10-16H2,(H,29,31). The van der Waals surface area contributed by atoms with Gasteiger partial charge in [-0.2, -0.15) is 0 Å². The van der Waals surface area contributed by atoms with Gasteiger partial charge in [0.25, 0.3) is 0 Å². The van der Waals surface area contributed by atoms with Crippen LogP contribution in [-0.2, 0) is 11.2 Å². The number of rotatable bonds is 6. The Morgan fingerprint density at radius 3 is 2.22 bits per heavy atom. The molecule has 0 unspecified atom stereocenters. The lowest BCUT2D eigenvalue weighted by Crippen LogP contribution is -2.54. The first-order valence-electron chi connectivity index (χ1n) is 11.8. The van der Waals surface area contributed by atoms with E-state index in [2.05, 4.69) is 21.7 Å². The second kappa shape index (κ2) is 7.80. The number of carbonyl (C=O) groups is 1. The minimum atomic E-state index is -0.0855. The van der Waals surface area contributed by atoms with Gasteiger partial charge in [0.15, 0.2) is 0 Å². The molecule has 4 bridgehead atoms. The van der Waals surface area contributed by atoms with E-state index in [0.717, 1.165) is 34.7 Å². The van der Waals surface area contributed by atoms with Crippen molar-refractivity contribution in [3.05, 3.63) is 66.6 Å². The van der Waals surface area contributed by atoms with Crippen molar-refractivity contribution in [2.24, 2.45) is 17.8 Å². The number of anilines is 2. The van der Waals surface area contributed by atoms with E-state index in [9.17, 15) is 4.79 Å². The molecule has 0 saturated heterocycles. The van der Waals surface area contributed by atoms with Crippen molar-refractivity contribution in [1.29, 1.82) is 0 Å². The third-order valence-electron chi connectivity index (χ3n) is 7.55. The van der Waals surface area contributed by atoms with Gasteiger partial charge in [0.05, 0.1) is 23.5 Å². The zero-order valence-electron chi connectivity index (χ0n) is 18.2. The van der Waals surface area contributed by atoms with E-state index in [1.807, 2.05) is 48.5 Å². The van der Waals surface area contributed by atoms with Gasteiger partial charge in [-0.1, -0.05) is 30.3 Å². The van der Waals surface area contributed by atoms with Gasteiger partial charge in [0.1, 0.15) is 6.26 Å². The maximum atomic E-state index is 12.8. The highest BCUT2D eigenvalue weighted by molar-refractivity contribution is 5.95. The molecule has 7 rings (SSSR count). The summed E-state index contributed by atoms with van der Waals surface area (Å²) in [5, 5.41) is 7.01. The maximum Gasteiger partial charge on any atom is 0.230 e. The molecule has 1 aromatic heterocycles. The molecule has 3 aromatic rings. The van der Waals surface area contributed by atoms with Crippen molar-refractivity contribution in [3.63, 3.8) is 0 Å². The Labute approximate surface area is 188 Å². The van der Waals surface area contributed by atoms with E-state index in [-0.39, 0.29) is 17.9 Å². The molecule has 4 aliphatic carbocycles. The van der Waals surface area contributed by atoms with Crippen molar-refractivity contribution in [3.8, 4) is 11.5 Å². The quantitative estimate of drug-likeness (QED) is 0.514. The molecule has 4 aliphatic rings. The lowest BCUT2D eigenvalue weighted by atomic mass is 9.53. The molecule has 2 aromatic carbocycles. The Morgan fingerprint density at radius 2 is 1.53 bits per heavy atom. The van der Waals surface area contributed by atoms with Crippen LogP contribution >= 0.6 is 0 Å². The van der Waals surface area contributed by atoms with Gasteiger partial charge < -0.3 is 15.1 Å². The van der Waals surface area contributed by atoms with Gasteiger partial charge in [-0.15, -0.1) is 0 Å². The molecule has 5 nitrogen and oxygen atoms in total. The van der Waals surface area contributed by atoms with E-state index in [1.165, 1.54) is 38.5 Å². The van der Waals surface area contributed by atoms with Crippen molar-refractivity contribution >= 4 is 17.3 Å². The number of hydrogen-bond acceptors (Lipinski definition) is 4. The van der Waals surface area contributed by atoms with Crippen molar-refractivity contribution in [1.82, 2.24) is 4.98 Å². The first-order chi connectivity index (χ1) is 15.6. The molecule has 5 heteroatoms. The molecule has 1 heterocycles. The molecule has 2 N–H and O–H groups in total. The molecular formula is C27H29N3O2. The van der Waals surface area contributed by atoms with E-state index in [4.69, 9.17) is 4.42 Å². The van der Waals surface area contributed by atoms with Gasteiger partial charge in [0, 0.05) is 11.1 Å². The topological polar surface area (TPSA) is 67.2 Å². The number of para-hydroxylation sites is 2. The molecule has 0 radical (unpaired) electrons. The molecule has 164 valence electrons. The highest BCUT2D eigenvalue weighted by atomic mass is 16.3. The fraction of sp³-hybridized carbons (Fsp3) is 0.407. The first-order valence-corrected chi connectivity index (χ1v) is 11.8. The number of aromatic nitrogens is 1. The Morgan fingerprint density at radius 1 is 0.906 bits per heavy atom. The van der Waals surface area contributed by atoms with Crippen molar-refractivity contribution in [2.75, 3.05) is 10.6 Å². The van der Waals surface area contributed by atoms with Crippen LogP contribution in [0.25, 0.3) is 11.5 Å². The van der Waals surface area contributed by atoms with Crippen molar-refractivity contribution < 1.29 is 9.21 Å². The van der Waals surface area contributed by atoms with E-state index in [0.29, 0.717) is 11.6 Å². The summed E-state index contributed by atoms with van der Waals surface area (Å²) < 4.78 is 5.58. The summed E-state index contributed by atoms with van der Waals surface area (Å²) >= 11 is 0. The van der Waals surface area contributed by atoms with Crippen LogP contribution in [0.4, 0.5) is 11.4 Å². The van der Waals surface area contributed by atoms with E-state index < -0.39 is 0 Å². The largest absolute Gasteiger partial charge is 0.444 e. The Kier molecular flexibility index (Phi) is 4.78. The Bertz CT molecular complexity index is 1090. The zero-order chi connectivity index (χ0) is 21.5. The third-order valence-corrected chi connectivity index (χ3v) is 7.55. The average molecular weight is 428 g/mol. The smallest absolute Gasteiger partial charge is 0.230 e. The highest BCUT2D eigenvalue weighted by Crippen LogP contribution is 2.56. The minimum Gasteiger partial charge on any atom is -0.444 e. The summed E-state index contributed by atoms with van der Waals surface area (Å²) in [6, 6.07) is 17.8. The van der Waals surface area contributed by atoms with Gasteiger partial charge in [-0.05, 0) is 80.5 Å². The minimum absolute atomic E-state index is 0.0855. The molecule has 1 amide bonds. The summed E-state index contributed by atoms with van der Waals surface area (Å²) in [4.78, 5) is 17.3. The normalized spacial score (nSPS) is 27.9. The second-order valence-corrected chi connectivity index (χ2v) is 10.1.